The lowest BCUT2D eigenvalue weighted by Crippen LogP contribution is -2.42. The van der Waals surface area contributed by atoms with Crippen molar-refractivity contribution in [2.24, 2.45) is 0 Å². The highest BCUT2D eigenvalue weighted by molar-refractivity contribution is 9.13. The van der Waals surface area contributed by atoms with E-state index in [1.807, 2.05) is 0 Å². The van der Waals surface area contributed by atoms with Gasteiger partial charge < -0.3 is 10.1 Å². The molecule has 0 saturated carbocycles. The first kappa shape index (κ1) is 13.6. The van der Waals surface area contributed by atoms with Crippen LogP contribution in [0.4, 0.5) is 0 Å². The summed E-state index contributed by atoms with van der Waals surface area (Å²) in [4.78, 5) is 1.30. The lowest BCUT2D eigenvalue weighted by molar-refractivity contribution is 0.128. The summed E-state index contributed by atoms with van der Waals surface area (Å²) in [6.07, 6.45) is 0. The number of hydrogen-bond acceptors (Lipinski definition) is 3. The van der Waals surface area contributed by atoms with E-state index in [0.717, 1.165) is 14.8 Å². The van der Waals surface area contributed by atoms with Gasteiger partial charge >= 0.3 is 0 Å². The van der Waals surface area contributed by atoms with Crippen molar-refractivity contribution < 1.29 is 4.74 Å². The Morgan fingerprint density at radius 2 is 2.13 bits per heavy atom. The topological polar surface area (TPSA) is 21.3 Å². The third kappa shape index (κ3) is 4.53. The van der Waals surface area contributed by atoms with Crippen LogP contribution < -0.4 is 5.32 Å². The van der Waals surface area contributed by atoms with E-state index < -0.39 is 0 Å². The van der Waals surface area contributed by atoms with Gasteiger partial charge in [-0.05, 0) is 51.8 Å². The van der Waals surface area contributed by atoms with Gasteiger partial charge in [-0.3, -0.25) is 0 Å². The monoisotopic (exact) mass is 355 g/mol. The van der Waals surface area contributed by atoms with Crippen LogP contribution in [0.1, 0.15) is 18.7 Å². The highest BCUT2D eigenvalue weighted by atomic mass is 79.9. The molecular weight excluding hydrogens is 342 g/mol. The van der Waals surface area contributed by atoms with E-state index in [1.54, 1.807) is 18.4 Å². The fraction of sp³-hybridized carbons (Fsp3) is 0.600. The van der Waals surface area contributed by atoms with Crippen molar-refractivity contribution in [1.29, 1.82) is 0 Å². The van der Waals surface area contributed by atoms with Gasteiger partial charge in [-0.25, -0.2) is 0 Å². The zero-order chi connectivity index (χ0) is 11.5. The summed E-state index contributed by atoms with van der Waals surface area (Å²) in [7, 11) is 1.72. The number of methoxy groups -OCH3 is 1. The van der Waals surface area contributed by atoms with Crippen LogP contribution in [0.3, 0.4) is 0 Å². The third-order valence-corrected chi connectivity index (χ3v) is 5.20. The molecule has 86 valence electrons. The summed E-state index contributed by atoms with van der Waals surface area (Å²) in [6.45, 7) is 5.84. The molecule has 0 atom stereocenters. The zero-order valence-corrected chi connectivity index (χ0v) is 13.1. The fourth-order valence-corrected chi connectivity index (χ4v) is 3.33. The third-order valence-electron chi connectivity index (χ3n) is 1.94. The second-order valence-corrected chi connectivity index (χ2v) is 7.31. The molecule has 0 radical (unpaired) electrons. The molecular formula is C10H15Br2NOS. The van der Waals surface area contributed by atoms with Crippen LogP contribution in [0.2, 0.25) is 0 Å². The van der Waals surface area contributed by atoms with E-state index in [1.165, 1.54) is 4.88 Å². The maximum Gasteiger partial charge on any atom is 0.0843 e. The van der Waals surface area contributed by atoms with Gasteiger partial charge in [0.1, 0.15) is 0 Å². The summed E-state index contributed by atoms with van der Waals surface area (Å²) in [5.74, 6) is 0. The molecule has 0 bridgehead atoms. The smallest absolute Gasteiger partial charge is 0.0843 e. The van der Waals surface area contributed by atoms with Crippen LogP contribution in [0, 0.1) is 0 Å². The van der Waals surface area contributed by atoms with Crippen molar-refractivity contribution >= 4 is 43.2 Å². The Balaban J connectivity index is 2.49. The predicted molar refractivity (Wildman–Crippen MR) is 72.5 cm³/mol. The predicted octanol–water partition coefficient (Wildman–Crippen LogP) is 3.79. The number of halogens is 2. The molecule has 5 heteroatoms. The minimum Gasteiger partial charge on any atom is -0.383 e. The molecule has 15 heavy (non-hydrogen) atoms. The second kappa shape index (κ2) is 5.77. The van der Waals surface area contributed by atoms with Crippen molar-refractivity contribution in [2.75, 3.05) is 13.7 Å². The Labute approximate surface area is 112 Å². The molecule has 1 rings (SSSR count). The quantitative estimate of drug-likeness (QED) is 0.866. The van der Waals surface area contributed by atoms with E-state index in [9.17, 15) is 0 Å². The number of hydrogen-bond donors (Lipinski definition) is 1. The summed E-state index contributed by atoms with van der Waals surface area (Å²) in [5.41, 5.74) is 0.0116. The van der Waals surface area contributed by atoms with E-state index in [2.05, 4.69) is 57.1 Å². The average molecular weight is 357 g/mol. The van der Waals surface area contributed by atoms with Gasteiger partial charge in [-0.2, -0.15) is 0 Å². The molecule has 0 aliphatic heterocycles. The zero-order valence-electron chi connectivity index (χ0n) is 9.06. The Morgan fingerprint density at radius 3 is 2.60 bits per heavy atom. The van der Waals surface area contributed by atoms with Gasteiger partial charge in [0, 0.05) is 28.5 Å². The normalized spacial score (nSPS) is 12.1. The minimum absolute atomic E-state index is 0.0116. The second-order valence-electron chi connectivity index (χ2n) is 4.00. The Hall–Kier alpha value is 0.580. The number of rotatable bonds is 5. The summed E-state index contributed by atoms with van der Waals surface area (Å²) < 4.78 is 7.41. The molecule has 0 spiro atoms. The first-order valence-corrected chi connectivity index (χ1v) is 7.02. The van der Waals surface area contributed by atoms with Crippen LogP contribution in [0.5, 0.6) is 0 Å². The molecule has 0 saturated heterocycles. The standard InChI is InChI=1S/C10H15Br2NOS/c1-10(2,6-14-3)13-5-7-4-8(11)9(12)15-7/h4,13H,5-6H2,1-3H3. The van der Waals surface area contributed by atoms with Gasteiger partial charge in [0.15, 0.2) is 0 Å². The molecule has 0 aliphatic rings. The number of nitrogens with one attached hydrogen (secondary N) is 1. The minimum atomic E-state index is 0.0116. The summed E-state index contributed by atoms with van der Waals surface area (Å²) in [5, 5.41) is 3.46. The molecule has 0 fully saturated rings. The maximum atomic E-state index is 5.15. The van der Waals surface area contributed by atoms with Crippen LogP contribution in [0.15, 0.2) is 14.3 Å². The molecule has 1 aromatic heterocycles. The van der Waals surface area contributed by atoms with E-state index in [-0.39, 0.29) is 5.54 Å². The van der Waals surface area contributed by atoms with Crippen LogP contribution in [-0.4, -0.2) is 19.3 Å². The highest BCUT2D eigenvalue weighted by Gasteiger charge is 2.16. The molecule has 1 heterocycles. The molecule has 0 amide bonds. The Kier molecular flexibility index (Phi) is 5.25. The van der Waals surface area contributed by atoms with Crippen molar-refractivity contribution in [3.8, 4) is 0 Å². The van der Waals surface area contributed by atoms with Crippen molar-refractivity contribution in [3.63, 3.8) is 0 Å². The highest BCUT2D eigenvalue weighted by Crippen LogP contribution is 2.32. The summed E-state index contributed by atoms with van der Waals surface area (Å²) in [6, 6.07) is 2.13. The van der Waals surface area contributed by atoms with Gasteiger partial charge in [0.05, 0.1) is 10.4 Å². The van der Waals surface area contributed by atoms with Gasteiger partial charge in [0.25, 0.3) is 0 Å². The molecule has 0 aliphatic carbocycles. The largest absolute Gasteiger partial charge is 0.383 e. The molecule has 2 nitrogen and oxygen atoms in total. The first-order chi connectivity index (χ1) is 6.94. The van der Waals surface area contributed by atoms with E-state index in [0.29, 0.717) is 6.61 Å². The van der Waals surface area contributed by atoms with Crippen LogP contribution in [-0.2, 0) is 11.3 Å². The average Bonchev–Trinajstić information content (AvgIpc) is 2.44. The van der Waals surface area contributed by atoms with Crippen LogP contribution in [0.25, 0.3) is 0 Å². The van der Waals surface area contributed by atoms with Crippen molar-refractivity contribution in [2.45, 2.75) is 25.9 Å². The van der Waals surface area contributed by atoms with E-state index >= 15 is 0 Å². The first-order valence-electron chi connectivity index (χ1n) is 4.62. The Morgan fingerprint density at radius 1 is 1.47 bits per heavy atom. The Bertz CT molecular complexity index is 306. The lowest BCUT2D eigenvalue weighted by atomic mass is 10.1. The van der Waals surface area contributed by atoms with Gasteiger partial charge in [-0.1, -0.05) is 0 Å². The fourth-order valence-electron chi connectivity index (χ4n) is 1.22. The molecule has 0 unspecified atom stereocenters. The van der Waals surface area contributed by atoms with Gasteiger partial charge in [0.2, 0.25) is 0 Å². The van der Waals surface area contributed by atoms with Gasteiger partial charge in [-0.15, -0.1) is 11.3 Å². The molecule has 0 aromatic carbocycles. The summed E-state index contributed by atoms with van der Waals surface area (Å²) >= 11 is 8.70. The molecule has 1 N–H and O–H groups in total. The number of ether oxygens (including phenoxy) is 1. The van der Waals surface area contributed by atoms with Crippen LogP contribution >= 0.6 is 43.2 Å². The maximum absolute atomic E-state index is 5.15. The molecule has 1 aromatic rings. The van der Waals surface area contributed by atoms with Crippen molar-refractivity contribution in [1.82, 2.24) is 5.32 Å². The lowest BCUT2D eigenvalue weighted by Gasteiger charge is -2.24. The van der Waals surface area contributed by atoms with Crippen molar-refractivity contribution in [3.05, 3.63) is 19.2 Å². The SMILES string of the molecule is COCC(C)(C)NCc1cc(Br)c(Br)s1. The van der Waals surface area contributed by atoms with E-state index in [4.69, 9.17) is 4.74 Å². The number of thiophene rings is 1.